The zero-order valence-electron chi connectivity index (χ0n) is 9.37. The van der Waals surface area contributed by atoms with Crippen LogP contribution < -0.4 is 5.73 Å². The summed E-state index contributed by atoms with van der Waals surface area (Å²) in [6.07, 6.45) is -4.23. The summed E-state index contributed by atoms with van der Waals surface area (Å²) in [5.74, 6) is -0.0531. The van der Waals surface area contributed by atoms with E-state index in [-0.39, 0.29) is 18.9 Å². The Morgan fingerprint density at radius 2 is 2.12 bits per heavy atom. The molecule has 1 heterocycles. The number of alkyl halides is 3. The third-order valence-electron chi connectivity index (χ3n) is 3.20. The molecule has 3 N–H and O–H groups in total. The van der Waals surface area contributed by atoms with Gasteiger partial charge in [-0.15, -0.1) is 0 Å². The molecule has 0 aromatic heterocycles. The molecule has 1 aliphatic rings. The van der Waals surface area contributed by atoms with Crippen molar-refractivity contribution in [3.63, 3.8) is 0 Å². The van der Waals surface area contributed by atoms with Crippen LogP contribution in [0, 0.1) is 5.92 Å². The lowest BCUT2D eigenvalue weighted by Gasteiger charge is -2.29. The van der Waals surface area contributed by atoms with E-state index in [2.05, 4.69) is 0 Å². The summed E-state index contributed by atoms with van der Waals surface area (Å²) in [4.78, 5) is 1.39. The molecule has 6 heteroatoms. The molecule has 0 aliphatic carbocycles. The lowest BCUT2D eigenvalue weighted by atomic mass is 10.0. The molecule has 3 unspecified atom stereocenters. The molecule has 0 bridgehead atoms. The van der Waals surface area contributed by atoms with Crippen LogP contribution in [0.4, 0.5) is 13.2 Å². The van der Waals surface area contributed by atoms with Crippen molar-refractivity contribution in [3.05, 3.63) is 0 Å². The molecule has 96 valence electrons. The number of hydrogen-bond donors (Lipinski definition) is 2. The standard InChI is InChI=1S/C10H19F3N2O/c1-7(16)8-3-5-15(6-8)9(2-4-14)10(11,12)13/h7-9,16H,2-6,14H2,1H3. The number of nitrogens with two attached hydrogens (primary N) is 1. The van der Waals surface area contributed by atoms with Gasteiger partial charge in [-0.05, 0) is 38.8 Å². The van der Waals surface area contributed by atoms with Crippen molar-refractivity contribution >= 4 is 0 Å². The van der Waals surface area contributed by atoms with Gasteiger partial charge in [-0.2, -0.15) is 13.2 Å². The SMILES string of the molecule is CC(O)C1CCN(C(CCN)C(F)(F)F)C1. The molecular formula is C10H19F3N2O. The van der Waals surface area contributed by atoms with Crippen LogP contribution in [0.25, 0.3) is 0 Å². The van der Waals surface area contributed by atoms with Crippen LogP contribution in [0.3, 0.4) is 0 Å². The van der Waals surface area contributed by atoms with Gasteiger partial charge in [-0.1, -0.05) is 0 Å². The molecule has 3 atom stereocenters. The Bertz CT molecular complexity index is 221. The molecule has 0 aromatic rings. The Balaban J connectivity index is 2.61. The van der Waals surface area contributed by atoms with Crippen molar-refractivity contribution in [2.45, 2.75) is 38.1 Å². The molecule has 1 fully saturated rings. The minimum absolute atomic E-state index is 0.0278. The van der Waals surface area contributed by atoms with Crippen LogP contribution in [0.15, 0.2) is 0 Å². The first-order chi connectivity index (χ1) is 7.36. The van der Waals surface area contributed by atoms with Gasteiger partial charge in [0.2, 0.25) is 0 Å². The Kier molecular flexibility index (Phi) is 4.58. The van der Waals surface area contributed by atoms with Crippen LogP contribution in [0.1, 0.15) is 19.8 Å². The van der Waals surface area contributed by atoms with E-state index in [1.807, 2.05) is 0 Å². The second-order valence-electron chi connectivity index (χ2n) is 4.42. The van der Waals surface area contributed by atoms with Crippen LogP contribution in [0.5, 0.6) is 0 Å². The number of halogens is 3. The van der Waals surface area contributed by atoms with Crippen molar-refractivity contribution < 1.29 is 18.3 Å². The summed E-state index contributed by atoms with van der Waals surface area (Å²) in [5, 5.41) is 9.35. The van der Waals surface area contributed by atoms with Gasteiger partial charge in [0, 0.05) is 6.54 Å². The van der Waals surface area contributed by atoms with E-state index in [4.69, 9.17) is 5.73 Å². The number of likely N-dealkylation sites (tertiary alicyclic amines) is 1. The van der Waals surface area contributed by atoms with Gasteiger partial charge in [-0.25, -0.2) is 0 Å². The monoisotopic (exact) mass is 240 g/mol. The molecule has 0 amide bonds. The highest BCUT2D eigenvalue weighted by atomic mass is 19.4. The Morgan fingerprint density at radius 3 is 2.50 bits per heavy atom. The summed E-state index contributed by atoms with van der Waals surface area (Å²) in [7, 11) is 0. The van der Waals surface area contributed by atoms with Crippen molar-refractivity contribution in [3.8, 4) is 0 Å². The molecule has 1 rings (SSSR count). The first kappa shape index (κ1) is 13.7. The maximum absolute atomic E-state index is 12.7. The molecular weight excluding hydrogens is 221 g/mol. The second-order valence-corrected chi connectivity index (χ2v) is 4.42. The van der Waals surface area contributed by atoms with Gasteiger partial charge in [0.05, 0.1) is 6.10 Å². The van der Waals surface area contributed by atoms with E-state index >= 15 is 0 Å². The number of hydrogen-bond acceptors (Lipinski definition) is 3. The molecule has 0 spiro atoms. The molecule has 0 saturated carbocycles. The highest BCUT2D eigenvalue weighted by molar-refractivity contribution is 4.87. The molecule has 0 radical (unpaired) electrons. The first-order valence-electron chi connectivity index (χ1n) is 5.55. The number of aliphatic hydroxyl groups excluding tert-OH is 1. The number of rotatable bonds is 4. The maximum Gasteiger partial charge on any atom is 0.404 e. The van der Waals surface area contributed by atoms with E-state index in [0.29, 0.717) is 19.5 Å². The van der Waals surface area contributed by atoms with E-state index in [0.717, 1.165) is 0 Å². The Hall–Kier alpha value is -0.330. The third-order valence-corrected chi connectivity index (χ3v) is 3.20. The molecule has 3 nitrogen and oxygen atoms in total. The largest absolute Gasteiger partial charge is 0.404 e. The van der Waals surface area contributed by atoms with Crippen LogP contribution in [0.2, 0.25) is 0 Å². The second kappa shape index (κ2) is 5.33. The lowest BCUT2D eigenvalue weighted by Crippen LogP contribution is -2.46. The zero-order valence-corrected chi connectivity index (χ0v) is 9.37. The van der Waals surface area contributed by atoms with Crippen molar-refractivity contribution in [1.29, 1.82) is 0 Å². The quantitative estimate of drug-likeness (QED) is 0.769. The summed E-state index contributed by atoms with van der Waals surface area (Å²) in [6, 6.07) is -1.46. The van der Waals surface area contributed by atoms with Gasteiger partial charge < -0.3 is 10.8 Å². The van der Waals surface area contributed by atoms with Crippen LogP contribution in [-0.4, -0.2) is 48.0 Å². The number of aliphatic hydroxyl groups is 1. The van der Waals surface area contributed by atoms with E-state index < -0.39 is 18.3 Å². The summed E-state index contributed by atoms with van der Waals surface area (Å²) in [5.41, 5.74) is 5.21. The zero-order chi connectivity index (χ0) is 12.3. The smallest absolute Gasteiger partial charge is 0.393 e. The van der Waals surface area contributed by atoms with Gasteiger partial charge in [0.25, 0.3) is 0 Å². The molecule has 1 aliphatic heterocycles. The van der Waals surface area contributed by atoms with E-state index in [1.54, 1.807) is 6.92 Å². The topological polar surface area (TPSA) is 49.5 Å². The van der Waals surface area contributed by atoms with E-state index in [9.17, 15) is 18.3 Å². The van der Waals surface area contributed by atoms with E-state index in [1.165, 1.54) is 4.90 Å². The predicted octanol–water partition coefficient (Wildman–Crippen LogP) is 0.969. The average Bonchev–Trinajstić information content (AvgIpc) is 2.60. The van der Waals surface area contributed by atoms with Crippen molar-refractivity contribution in [2.75, 3.05) is 19.6 Å². The Morgan fingerprint density at radius 1 is 1.50 bits per heavy atom. The maximum atomic E-state index is 12.7. The first-order valence-corrected chi connectivity index (χ1v) is 5.55. The fourth-order valence-electron chi connectivity index (χ4n) is 2.20. The normalized spacial score (nSPS) is 27.0. The van der Waals surface area contributed by atoms with Crippen molar-refractivity contribution in [1.82, 2.24) is 4.90 Å². The minimum Gasteiger partial charge on any atom is -0.393 e. The minimum atomic E-state index is -4.23. The average molecular weight is 240 g/mol. The fourth-order valence-corrected chi connectivity index (χ4v) is 2.20. The van der Waals surface area contributed by atoms with Gasteiger partial charge in [-0.3, -0.25) is 4.90 Å². The highest BCUT2D eigenvalue weighted by Crippen LogP contribution is 2.31. The van der Waals surface area contributed by atoms with Crippen LogP contribution >= 0.6 is 0 Å². The Labute approximate surface area is 93.4 Å². The van der Waals surface area contributed by atoms with Gasteiger partial charge in [0.15, 0.2) is 0 Å². The van der Waals surface area contributed by atoms with Gasteiger partial charge in [0.1, 0.15) is 6.04 Å². The molecule has 1 saturated heterocycles. The highest BCUT2D eigenvalue weighted by Gasteiger charge is 2.45. The fraction of sp³-hybridized carbons (Fsp3) is 1.00. The molecule has 16 heavy (non-hydrogen) atoms. The van der Waals surface area contributed by atoms with Crippen LogP contribution in [-0.2, 0) is 0 Å². The summed E-state index contributed by atoms with van der Waals surface area (Å²) < 4.78 is 38.2. The lowest BCUT2D eigenvalue weighted by molar-refractivity contribution is -0.182. The molecule has 0 aromatic carbocycles. The predicted molar refractivity (Wildman–Crippen MR) is 54.9 cm³/mol. The summed E-state index contributed by atoms with van der Waals surface area (Å²) >= 11 is 0. The van der Waals surface area contributed by atoms with Crippen molar-refractivity contribution in [2.24, 2.45) is 11.7 Å². The summed E-state index contributed by atoms with van der Waals surface area (Å²) in [6.45, 7) is 2.35. The number of nitrogens with zero attached hydrogens (tertiary/aromatic N) is 1. The van der Waals surface area contributed by atoms with Gasteiger partial charge >= 0.3 is 6.18 Å². The third kappa shape index (κ3) is 3.33.